The minimum atomic E-state index is -0.154. The van der Waals surface area contributed by atoms with E-state index in [2.05, 4.69) is 12.2 Å². The molecule has 0 aliphatic carbocycles. The number of thioether (sulfide) groups is 1. The van der Waals surface area contributed by atoms with Crippen molar-refractivity contribution in [2.75, 3.05) is 19.8 Å². The Morgan fingerprint density at radius 1 is 0.839 bits per heavy atom. The number of carbonyl (C=O) groups is 1. The molecule has 1 saturated heterocycles. The fourth-order valence-corrected chi connectivity index (χ4v) is 3.95. The minimum Gasteiger partial charge on any atom is -0.494 e. The smallest absolute Gasteiger partial charge is 0.263 e. The normalized spacial score (nSPS) is 14.5. The van der Waals surface area contributed by atoms with Crippen molar-refractivity contribution in [2.24, 2.45) is 0 Å². The number of hydrogen-bond acceptors (Lipinski definition) is 6. The number of carbonyl (C=O) groups excluding carboxylic acids is 1. The fourth-order valence-electron chi connectivity index (χ4n) is 2.90. The van der Waals surface area contributed by atoms with Crippen molar-refractivity contribution >= 4 is 40.3 Å². The van der Waals surface area contributed by atoms with Crippen LogP contribution in [0.2, 0.25) is 0 Å². The molecule has 3 rings (SSSR count). The van der Waals surface area contributed by atoms with Crippen LogP contribution in [-0.2, 0) is 4.79 Å². The van der Waals surface area contributed by atoms with Crippen LogP contribution in [0.3, 0.4) is 0 Å². The van der Waals surface area contributed by atoms with Crippen molar-refractivity contribution < 1.29 is 19.0 Å². The molecule has 1 aliphatic rings. The van der Waals surface area contributed by atoms with E-state index in [-0.39, 0.29) is 5.91 Å². The summed E-state index contributed by atoms with van der Waals surface area (Å²) in [4.78, 5) is 12.3. The van der Waals surface area contributed by atoms with Crippen LogP contribution in [0.25, 0.3) is 6.08 Å². The highest BCUT2D eigenvalue weighted by Gasteiger charge is 2.21. The molecule has 2 aromatic rings. The van der Waals surface area contributed by atoms with Crippen LogP contribution in [-0.4, -0.2) is 30.0 Å². The molecule has 0 atom stereocenters. The Kier molecular flexibility index (Phi) is 9.24. The van der Waals surface area contributed by atoms with Gasteiger partial charge in [0.2, 0.25) is 0 Å². The van der Waals surface area contributed by atoms with Gasteiger partial charge in [0.05, 0.1) is 11.5 Å². The first-order chi connectivity index (χ1) is 15.1. The number of rotatable bonds is 12. The third kappa shape index (κ3) is 7.92. The molecule has 1 heterocycles. The van der Waals surface area contributed by atoms with E-state index in [1.807, 2.05) is 54.6 Å². The zero-order valence-corrected chi connectivity index (χ0v) is 19.2. The predicted molar refractivity (Wildman–Crippen MR) is 130 cm³/mol. The first kappa shape index (κ1) is 23.2. The first-order valence-corrected chi connectivity index (χ1v) is 11.7. The topological polar surface area (TPSA) is 56.8 Å². The average Bonchev–Trinajstić information content (AvgIpc) is 3.09. The van der Waals surface area contributed by atoms with Crippen molar-refractivity contribution in [3.8, 4) is 17.2 Å². The van der Waals surface area contributed by atoms with E-state index in [1.54, 1.807) is 0 Å². The Morgan fingerprint density at radius 3 is 1.90 bits per heavy atom. The number of unbranched alkanes of at least 4 members (excludes halogenated alkanes) is 3. The lowest BCUT2D eigenvalue weighted by atomic mass is 10.2. The second-order valence-electron chi connectivity index (χ2n) is 7.00. The van der Waals surface area contributed by atoms with Crippen LogP contribution in [0.15, 0.2) is 53.4 Å². The number of thiocarbonyl (C=S) groups is 1. The number of amides is 1. The van der Waals surface area contributed by atoms with Crippen LogP contribution in [0.5, 0.6) is 17.2 Å². The van der Waals surface area contributed by atoms with E-state index >= 15 is 0 Å². The Balaban J connectivity index is 1.35. The summed E-state index contributed by atoms with van der Waals surface area (Å²) in [6.45, 7) is 3.83. The molecule has 0 radical (unpaired) electrons. The summed E-state index contributed by atoms with van der Waals surface area (Å²) in [5.41, 5.74) is 0.915. The molecule has 7 heteroatoms. The summed E-state index contributed by atoms with van der Waals surface area (Å²) in [5.74, 6) is 2.25. The van der Waals surface area contributed by atoms with Crippen molar-refractivity contribution in [1.82, 2.24) is 5.32 Å². The van der Waals surface area contributed by atoms with Gasteiger partial charge in [0.25, 0.3) is 5.91 Å². The van der Waals surface area contributed by atoms with E-state index in [0.717, 1.165) is 35.8 Å². The summed E-state index contributed by atoms with van der Waals surface area (Å²) in [5, 5.41) is 2.61. The van der Waals surface area contributed by atoms with Crippen LogP contribution >= 0.6 is 24.0 Å². The summed E-state index contributed by atoms with van der Waals surface area (Å²) in [6.07, 6.45) is 6.60. The zero-order chi connectivity index (χ0) is 21.9. The molecule has 1 amide bonds. The first-order valence-electron chi connectivity index (χ1n) is 10.5. The highest BCUT2D eigenvalue weighted by Crippen LogP contribution is 2.26. The lowest BCUT2D eigenvalue weighted by molar-refractivity contribution is -0.115. The molecule has 0 unspecified atom stereocenters. The van der Waals surface area contributed by atoms with Gasteiger partial charge in [-0.1, -0.05) is 62.3 Å². The number of benzene rings is 2. The van der Waals surface area contributed by atoms with Crippen molar-refractivity contribution in [2.45, 2.75) is 32.6 Å². The van der Waals surface area contributed by atoms with E-state index in [1.165, 1.54) is 31.0 Å². The molecule has 1 aliphatic heterocycles. The molecule has 0 spiro atoms. The molecule has 1 fully saturated rings. The highest BCUT2D eigenvalue weighted by atomic mass is 32.2. The molecule has 5 nitrogen and oxygen atoms in total. The van der Waals surface area contributed by atoms with Crippen LogP contribution in [0, 0.1) is 0 Å². The van der Waals surface area contributed by atoms with Gasteiger partial charge in [-0.2, -0.15) is 0 Å². The van der Waals surface area contributed by atoms with Gasteiger partial charge in [-0.05, 0) is 54.5 Å². The van der Waals surface area contributed by atoms with Gasteiger partial charge in [0.1, 0.15) is 34.8 Å². The van der Waals surface area contributed by atoms with Crippen molar-refractivity contribution in [1.29, 1.82) is 0 Å². The van der Waals surface area contributed by atoms with Gasteiger partial charge < -0.3 is 19.5 Å². The third-order valence-electron chi connectivity index (χ3n) is 4.53. The highest BCUT2D eigenvalue weighted by molar-refractivity contribution is 8.26. The summed E-state index contributed by atoms with van der Waals surface area (Å²) in [6, 6.07) is 15.2. The molecule has 0 saturated carbocycles. The summed E-state index contributed by atoms with van der Waals surface area (Å²) < 4.78 is 17.7. The standard InChI is InChI=1S/C24H27NO4S2/c1-2-3-4-5-14-27-20-10-12-21(13-11-20)29-16-15-28-19-8-6-18(7-9-19)17-22-23(26)25-24(30)31-22/h6-13,17H,2-5,14-16H2,1H3,(H,25,26,30)/b22-17+. The lowest BCUT2D eigenvalue weighted by Crippen LogP contribution is -2.17. The SMILES string of the molecule is CCCCCCOc1ccc(OCCOc2ccc(/C=C3/SC(=S)NC3=O)cc2)cc1. The Bertz CT molecular complexity index is 895. The van der Waals surface area contributed by atoms with Crippen molar-refractivity contribution in [3.05, 3.63) is 59.0 Å². The average molecular weight is 458 g/mol. The van der Waals surface area contributed by atoms with Gasteiger partial charge in [0, 0.05) is 0 Å². The fraction of sp³-hybridized carbons (Fsp3) is 0.333. The third-order valence-corrected chi connectivity index (χ3v) is 5.69. The minimum absolute atomic E-state index is 0.154. The maximum absolute atomic E-state index is 11.7. The molecule has 0 bridgehead atoms. The largest absolute Gasteiger partial charge is 0.494 e. The molecule has 31 heavy (non-hydrogen) atoms. The van der Waals surface area contributed by atoms with E-state index in [4.69, 9.17) is 26.4 Å². The Labute approximate surface area is 193 Å². The van der Waals surface area contributed by atoms with Crippen molar-refractivity contribution in [3.63, 3.8) is 0 Å². The molecular formula is C24H27NO4S2. The van der Waals surface area contributed by atoms with Gasteiger partial charge in [-0.25, -0.2) is 0 Å². The molecule has 1 N–H and O–H groups in total. The Morgan fingerprint density at radius 2 is 1.39 bits per heavy atom. The van der Waals surface area contributed by atoms with E-state index in [9.17, 15) is 4.79 Å². The zero-order valence-electron chi connectivity index (χ0n) is 17.6. The number of hydrogen-bond donors (Lipinski definition) is 1. The number of ether oxygens (including phenoxy) is 3. The lowest BCUT2D eigenvalue weighted by Gasteiger charge is -2.10. The molecule has 2 aromatic carbocycles. The van der Waals surface area contributed by atoms with E-state index < -0.39 is 0 Å². The van der Waals surface area contributed by atoms with Gasteiger partial charge >= 0.3 is 0 Å². The van der Waals surface area contributed by atoms with Crippen LogP contribution in [0.4, 0.5) is 0 Å². The van der Waals surface area contributed by atoms with Gasteiger partial charge in [-0.15, -0.1) is 0 Å². The molecule has 0 aromatic heterocycles. The summed E-state index contributed by atoms with van der Waals surface area (Å²) >= 11 is 6.26. The van der Waals surface area contributed by atoms with Crippen LogP contribution < -0.4 is 19.5 Å². The maximum Gasteiger partial charge on any atom is 0.263 e. The van der Waals surface area contributed by atoms with Gasteiger partial charge in [0.15, 0.2) is 0 Å². The van der Waals surface area contributed by atoms with E-state index in [0.29, 0.717) is 22.4 Å². The van der Waals surface area contributed by atoms with Crippen LogP contribution in [0.1, 0.15) is 38.2 Å². The second kappa shape index (κ2) is 12.4. The maximum atomic E-state index is 11.7. The van der Waals surface area contributed by atoms with Gasteiger partial charge in [-0.3, -0.25) is 4.79 Å². The molecular weight excluding hydrogens is 430 g/mol. The summed E-state index contributed by atoms with van der Waals surface area (Å²) in [7, 11) is 0. The number of nitrogens with one attached hydrogen (secondary N) is 1. The second-order valence-corrected chi connectivity index (χ2v) is 8.72. The quantitative estimate of drug-likeness (QED) is 0.255. The molecule has 164 valence electrons. The Hall–Kier alpha value is -2.51. The monoisotopic (exact) mass is 457 g/mol. The predicted octanol–water partition coefficient (Wildman–Crippen LogP) is 5.59.